The van der Waals surface area contributed by atoms with Gasteiger partial charge in [0.1, 0.15) is 18.3 Å². The SMILES string of the molecule is CCCCCCCCCCCC(=O)O[C@@H]1O[C@H](CO)[C@@H](O)[C@H](O)[C@H]1N. The summed E-state index contributed by atoms with van der Waals surface area (Å²) in [6.45, 7) is 1.72. The van der Waals surface area contributed by atoms with E-state index >= 15 is 0 Å². The van der Waals surface area contributed by atoms with Crippen LogP contribution in [0.25, 0.3) is 0 Å². The Balaban J connectivity index is 2.15. The zero-order chi connectivity index (χ0) is 18.7. The summed E-state index contributed by atoms with van der Waals surface area (Å²) in [7, 11) is 0. The molecule has 0 radical (unpaired) electrons. The molecule has 0 aromatic heterocycles. The van der Waals surface area contributed by atoms with Crippen LogP contribution in [0.1, 0.15) is 71.1 Å². The quantitative estimate of drug-likeness (QED) is 0.304. The molecule has 0 amide bonds. The van der Waals surface area contributed by atoms with E-state index in [-0.39, 0.29) is 6.42 Å². The Morgan fingerprint density at radius 2 is 1.56 bits per heavy atom. The molecule has 5 atom stereocenters. The van der Waals surface area contributed by atoms with Crippen LogP contribution in [-0.2, 0) is 14.3 Å². The summed E-state index contributed by atoms with van der Waals surface area (Å²) < 4.78 is 10.4. The van der Waals surface area contributed by atoms with Crippen molar-refractivity contribution in [2.45, 2.75) is 102 Å². The minimum Gasteiger partial charge on any atom is -0.434 e. The van der Waals surface area contributed by atoms with Crippen LogP contribution in [0, 0.1) is 0 Å². The van der Waals surface area contributed by atoms with E-state index in [0.29, 0.717) is 0 Å². The molecular weight excluding hydrogens is 326 g/mol. The van der Waals surface area contributed by atoms with Crippen LogP contribution in [0.4, 0.5) is 0 Å². The molecule has 1 aliphatic rings. The van der Waals surface area contributed by atoms with E-state index in [2.05, 4.69) is 6.92 Å². The van der Waals surface area contributed by atoms with Crippen molar-refractivity contribution >= 4 is 5.97 Å². The first kappa shape index (κ1) is 22.3. The van der Waals surface area contributed by atoms with E-state index in [9.17, 15) is 15.0 Å². The van der Waals surface area contributed by atoms with Gasteiger partial charge in [-0.05, 0) is 6.42 Å². The van der Waals surface area contributed by atoms with Gasteiger partial charge in [-0.3, -0.25) is 4.79 Å². The molecule has 0 aliphatic carbocycles. The first-order valence-corrected chi connectivity index (χ1v) is 9.58. The van der Waals surface area contributed by atoms with Crippen LogP contribution in [0.5, 0.6) is 0 Å². The van der Waals surface area contributed by atoms with Crippen molar-refractivity contribution in [2.24, 2.45) is 5.73 Å². The van der Waals surface area contributed by atoms with Crippen LogP contribution in [0.3, 0.4) is 0 Å². The van der Waals surface area contributed by atoms with Crippen molar-refractivity contribution in [3.63, 3.8) is 0 Å². The summed E-state index contributed by atoms with van der Waals surface area (Å²) in [5.41, 5.74) is 5.73. The highest BCUT2D eigenvalue weighted by atomic mass is 16.7. The number of carbonyl (C=O) groups is 1. The summed E-state index contributed by atoms with van der Waals surface area (Å²) in [6, 6.07) is -1.04. The Morgan fingerprint density at radius 1 is 1.00 bits per heavy atom. The minimum atomic E-state index is -1.31. The molecule has 7 heteroatoms. The molecule has 0 aromatic rings. The molecule has 0 bridgehead atoms. The van der Waals surface area contributed by atoms with Gasteiger partial charge in [0.15, 0.2) is 0 Å². The molecule has 1 rings (SSSR count). The average molecular weight is 361 g/mol. The third-order valence-corrected chi connectivity index (χ3v) is 4.66. The number of nitrogens with two attached hydrogens (primary N) is 1. The second kappa shape index (κ2) is 12.6. The van der Waals surface area contributed by atoms with Gasteiger partial charge in [0.2, 0.25) is 6.29 Å². The number of hydrogen-bond donors (Lipinski definition) is 4. The highest BCUT2D eigenvalue weighted by molar-refractivity contribution is 5.69. The van der Waals surface area contributed by atoms with E-state index in [4.69, 9.17) is 20.3 Å². The molecule has 5 N–H and O–H groups in total. The Kier molecular flexibility index (Phi) is 11.2. The molecule has 7 nitrogen and oxygen atoms in total. The molecule has 1 heterocycles. The molecule has 148 valence electrons. The highest BCUT2D eigenvalue weighted by Crippen LogP contribution is 2.21. The second-order valence-corrected chi connectivity index (χ2v) is 6.85. The lowest BCUT2D eigenvalue weighted by Gasteiger charge is -2.39. The van der Waals surface area contributed by atoms with Crippen LogP contribution >= 0.6 is 0 Å². The summed E-state index contributed by atoms with van der Waals surface area (Å²) >= 11 is 0. The molecule has 0 unspecified atom stereocenters. The van der Waals surface area contributed by atoms with Gasteiger partial charge >= 0.3 is 5.97 Å². The topological polar surface area (TPSA) is 122 Å². The van der Waals surface area contributed by atoms with Crippen molar-refractivity contribution in [3.8, 4) is 0 Å². The lowest BCUT2D eigenvalue weighted by atomic mass is 9.98. The van der Waals surface area contributed by atoms with Gasteiger partial charge in [-0.15, -0.1) is 0 Å². The Morgan fingerprint density at radius 3 is 2.12 bits per heavy atom. The van der Waals surface area contributed by atoms with Crippen molar-refractivity contribution in [1.82, 2.24) is 0 Å². The lowest BCUT2D eigenvalue weighted by molar-refractivity contribution is -0.259. The van der Waals surface area contributed by atoms with Crippen molar-refractivity contribution < 1.29 is 29.6 Å². The molecule has 0 saturated carbocycles. The van der Waals surface area contributed by atoms with E-state index in [0.717, 1.165) is 19.3 Å². The highest BCUT2D eigenvalue weighted by Gasteiger charge is 2.44. The van der Waals surface area contributed by atoms with Gasteiger partial charge in [0.05, 0.1) is 12.6 Å². The van der Waals surface area contributed by atoms with Crippen molar-refractivity contribution in [2.75, 3.05) is 6.61 Å². The van der Waals surface area contributed by atoms with Crippen molar-refractivity contribution in [1.29, 1.82) is 0 Å². The van der Waals surface area contributed by atoms with E-state index in [1.165, 1.54) is 38.5 Å². The predicted molar refractivity (Wildman–Crippen MR) is 93.7 cm³/mol. The van der Waals surface area contributed by atoms with Gasteiger partial charge in [0, 0.05) is 6.42 Å². The number of ether oxygens (including phenoxy) is 2. The summed E-state index contributed by atoms with van der Waals surface area (Å²) in [5, 5.41) is 28.7. The second-order valence-electron chi connectivity index (χ2n) is 6.85. The minimum absolute atomic E-state index is 0.269. The molecule has 0 spiro atoms. The number of rotatable bonds is 12. The molecule has 1 aliphatic heterocycles. The van der Waals surface area contributed by atoms with Crippen molar-refractivity contribution in [3.05, 3.63) is 0 Å². The zero-order valence-electron chi connectivity index (χ0n) is 15.3. The van der Waals surface area contributed by atoms with Gasteiger partial charge in [-0.1, -0.05) is 58.3 Å². The fourth-order valence-corrected chi connectivity index (χ4v) is 2.98. The number of hydrogen-bond acceptors (Lipinski definition) is 7. The fraction of sp³-hybridized carbons (Fsp3) is 0.944. The number of aliphatic hydroxyl groups excluding tert-OH is 3. The first-order chi connectivity index (χ1) is 12.0. The first-order valence-electron chi connectivity index (χ1n) is 9.58. The lowest BCUT2D eigenvalue weighted by Crippen LogP contribution is -2.62. The average Bonchev–Trinajstić information content (AvgIpc) is 2.60. The van der Waals surface area contributed by atoms with Gasteiger partial charge in [0.25, 0.3) is 0 Å². The van der Waals surface area contributed by atoms with E-state index < -0.39 is 43.2 Å². The van der Waals surface area contributed by atoms with Crippen LogP contribution in [0.15, 0.2) is 0 Å². The number of unbranched alkanes of at least 4 members (excludes halogenated alkanes) is 8. The van der Waals surface area contributed by atoms with Gasteiger partial charge < -0.3 is 30.5 Å². The summed E-state index contributed by atoms with van der Waals surface area (Å²) in [5.74, 6) is -0.441. The van der Waals surface area contributed by atoms with Crippen LogP contribution in [-0.4, -0.2) is 58.5 Å². The standard InChI is InChI=1S/C18H35NO6/c1-2-3-4-5-6-7-8-9-10-11-14(21)25-18-15(19)17(23)16(22)13(12-20)24-18/h13,15-18,20,22-23H,2-12,19H2,1H3/t13-,15-,16-,17-,18+/m1/s1. The fourth-order valence-electron chi connectivity index (χ4n) is 2.98. The molecule has 0 aromatic carbocycles. The maximum absolute atomic E-state index is 11.9. The maximum Gasteiger partial charge on any atom is 0.308 e. The summed E-state index contributed by atoms with van der Waals surface area (Å²) in [4.78, 5) is 11.9. The Hall–Kier alpha value is -0.730. The Bertz CT molecular complexity index is 365. The molecular formula is C18H35NO6. The van der Waals surface area contributed by atoms with E-state index in [1.807, 2.05) is 0 Å². The number of esters is 1. The third-order valence-electron chi connectivity index (χ3n) is 4.66. The largest absolute Gasteiger partial charge is 0.434 e. The van der Waals surface area contributed by atoms with Gasteiger partial charge in [-0.25, -0.2) is 0 Å². The molecule has 25 heavy (non-hydrogen) atoms. The Labute approximate surface area is 150 Å². The number of carbonyl (C=O) groups excluding carboxylic acids is 1. The third kappa shape index (κ3) is 8.00. The van der Waals surface area contributed by atoms with Gasteiger partial charge in [-0.2, -0.15) is 0 Å². The van der Waals surface area contributed by atoms with Crippen LogP contribution in [0.2, 0.25) is 0 Å². The van der Waals surface area contributed by atoms with E-state index in [1.54, 1.807) is 0 Å². The number of aliphatic hydroxyl groups is 3. The zero-order valence-corrected chi connectivity index (χ0v) is 15.3. The normalized spacial score (nSPS) is 29.6. The van der Waals surface area contributed by atoms with Crippen LogP contribution < -0.4 is 5.73 Å². The maximum atomic E-state index is 11.9. The smallest absolute Gasteiger partial charge is 0.308 e. The molecule has 1 saturated heterocycles. The molecule has 1 fully saturated rings. The monoisotopic (exact) mass is 361 g/mol. The summed E-state index contributed by atoms with van der Waals surface area (Å²) in [6.07, 6.45) is 5.91. The predicted octanol–water partition coefficient (Wildman–Crippen LogP) is 1.22.